The summed E-state index contributed by atoms with van der Waals surface area (Å²) >= 11 is 1.37. The molecule has 10 rings (SSSR count). The van der Waals surface area contributed by atoms with Gasteiger partial charge in [-0.2, -0.15) is 0 Å². The second-order valence-corrected chi connectivity index (χ2v) is 11.4. The van der Waals surface area contributed by atoms with E-state index in [4.69, 9.17) is 26.9 Å². The molecule has 0 N–H and O–H groups in total. The van der Waals surface area contributed by atoms with Gasteiger partial charge in [-0.25, -0.2) is 9.97 Å². The molecule has 0 saturated heterocycles. The molecule has 5 heteroatoms. The zero-order chi connectivity index (χ0) is 43.4. The van der Waals surface area contributed by atoms with Crippen LogP contribution >= 0.6 is 11.3 Å². The Kier molecular flexibility index (Phi) is 2.89. The summed E-state index contributed by atoms with van der Waals surface area (Å²) in [6.07, 6.45) is 1.53. The number of rotatable bonds is 3. The van der Waals surface area contributed by atoms with E-state index in [1.165, 1.54) is 26.7 Å². The summed E-state index contributed by atoms with van der Waals surface area (Å²) in [7, 11) is 0. The number of para-hydroxylation sites is 5. The van der Waals surface area contributed by atoms with Crippen LogP contribution in [0.15, 0.2) is 145 Å². The van der Waals surface area contributed by atoms with E-state index in [1.54, 1.807) is 24.3 Å². The Balaban J connectivity index is 1.27. The minimum Gasteiger partial charge on any atom is -0.309 e. The van der Waals surface area contributed by atoms with Gasteiger partial charge in [0.1, 0.15) is 0 Å². The Morgan fingerprint density at radius 2 is 1.11 bits per heavy atom. The Hall–Kier alpha value is -5.78. The molecule has 4 heterocycles. The lowest BCUT2D eigenvalue weighted by Gasteiger charge is -2.14. The summed E-state index contributed by atoms with van der Waals surface area (Å²) < 4.78 is 143. The zero-order valence-corrected chi connectivity index (χ0v) is 23.6. The minimum atomic E-state index is -0.573. The normalized spacial score (nSPS) is 17.0. The van der Waals surface area contributed by atoms with Crippen molar-refractivity contribution >= 4 is 75.3 Å². The van der Waals surface area contributed by atoms with Gasteiger partial charge in [0.05, 0.1) is 66.1 Å². The SMILES string of the molecule is [2H]c1c([2H])c([2H])c2c(c1[2H])c1c([2H])c([2H])c([2H])c([2H])c1n2-c1ncc2sc3ccc(-c4ccccc4-n4c5c([2H])c([2H])c([2H])c([2H])c5c5c([2H])c([2H])c([2H])c([2H])c54)cc3c2n1. The molecule has 0 unspecified atom stereocenters. The molecule has 0 aliphatic rings. The summed E-state index contributed by atoms with van der Waals surface area (Å²) in [5.41, 5.74) is 1.61. The third-order valence-corrected chi connectivity index (χ3v) is 9.01. The van der Waals surface area contributed by atoms with Crippen molar-refractivity contribution in [2.75, 3.05) is 0 Å². The summed E-state index contributed by atoms with van der Waals surface area (Å²) in [5.74, 6) is -0.110. The number of fused-ring (bicyclic) bond motifs is 9. The standard InChI is InChI=1S/C40H24N4S/c1-6-16-32(43-33-17-7-2-12-27(33)28-13-3-8-18-34(28)43)26(11-1)25-21-22-37-31(23-25)39-38(45-37)24-41-40(42-39)44-35-19-9-4-14-29(35)30-15-5-10-20-36(30)44/h1-24H/i2D,3D,4D,5D,7D,8D,9D,10D,12D,13D,14D,15D,17D,18D,19D,20D. The molecule has 0 aliphatic carbocycles. The summed E-state index contributed by atoms with van der Waals surface area (Å²) in [6, 6.07) is 4.34. The highest BCUT2D eigenvalue weighted by molar-refractivity contribution is 7.25. The third kappa shape index (κ3) is 3.53. The maximum atomic E-state index is 9.00. The molecule has 0 saturated carbocycles. The van der Waals surface area contributed by atoms with Crippen LogP contribution in [0.2, 0.25) is 0 Å². The van der Waals surface area contributed by atoms with Crippen molar-refractivity contribution in [1.29, 1.82) is 0 Å². The van der Waals surface area contributed by atoms with Crippen LogP contribution < -0.4 is 0 Å². The Morgan fingerprint density at radius 1 is 0.556 bits per heavy atom. The fraction of sp³-hybridized carbons (Fsp3) is 0. The van der Waals surface area contributed by atoms with Gasteiger partial charge >= 0.3 is 0 Å². The van der Waals surface area contributed by atoms with Crippen LogP contribution in [0.25, 0.3) is 86.7 Å². The van der Waals surface area contributed by atoms with E-state index in [0.29, 0.717) is 32.4 Å². The van der Waals surface area contributed by atoms with Crippen molar-refractivity contribution < 1.29 is 21.9 Å². The molecule has 210 valence electrons. The molecular formula is C40H24N4S. The molecular weight excluding hydrogens is 569 g/mol. The maximum Gasteiger partial charge on any atom is 0.235 e. The van der Waals surface area contributed by atoms with Crippen LogP contribution in [-0.4, -0.2) is 19.1 Å². The predicted octanol–water partition coefficient (Wildman–Crippen LogP) is 10.7. The van der Waals surface area contributed by atoms with Gasteiger partial charge in [-0.15, -0.1) is 11.3 Å². The lowest BCUT2D eigenvalue weighted by atomic mass is 10.0. The van der Waals surface area contributed by atoms with Gasteiger partial charge in [0.2, 0.25) is 5.95 Å². The average molecular weight is 609 g/mol. The lowest BCUT2D eigenvalue weighted by Crippen LogP contribution is -2.00. The van der Waals surface area contributed by atoms with Crippen molar-refractivity contribution in [2.45, 2.75) is 0 Å². The fourth-order valence-corrected chi connectivity index (χ4v) is 7.02. The van der Waals surface area contributed by atoms with Crippen molar-refractivity contribution in [2.24, 2.45) is 0 Å². The lowest BCUT2D eigenvalue weighted by molar-refractivity contribution is 1.01. The highest BCUT2D eigenvalue weighted by Crippen LogP contribution is 2.40. The van der Waals surface area contributed by atoms with Crippen LogP contribution in [0.3, 0.4) is 0 Å². The van der Waals surface area contributed by atoms with Crippen molar-refractivity contribution in [1.82, 2.24) is 19.1 Å². The number of benzene rings is 6. The molecule has 0 fully saturated rings. The van der Waals surface area contributed by atoms with E-state index in [2.05, 4.69) is 4.98 Å². The fourth-order valence-electron chi connectivity index (χ4n) is 6.02. The van der Waals surface area contributed by atoms with E-state index in [1.807, 2.05) is 18.2 Å². The van der Waals surface area contributed by atoms with Crippen LogP contribution in [0.1, 0.15) is 21.9 Å². The first-order valence-electron chi connectivity index (χ1n) is 21.8. The molecule has 10 aromatic rings. The molecule has 0 amide bonds. The Bertz CT molecular complexity index is 3530. The first kappa shape index (κ1) is 13.9. The maximum absolute atomic E-state index is 9.00. The van der Waals surface area contributed by atoms with Crippen LogP contribution in [0.5, 0.6) is 0 Å². The third-order valence-electron chi connectivity index (χ3n) is 7.92. The summed E-state index contributed by atoms with van der Waals surface area (Å²) in [4.78, 5) is 9.47. The van der Waals surface area contributed by atoms with Crippen LogP contribution in [0.4, 0.5) is 0 Å². The predicted molar refractivity (Wildman–Crippen MR) is 189 cm³/mol. The number of nitrogens with zero attached hydrogens (tertiary/aromatic N) is 4. The molecule has 4 nitrogen and oxygen atoms in total. The molecule has 0 radical (unpaired) electrons. The van der Waals surface area contributed by atoms with E-state index in [0.717, 1.165) is 4.70 Å². The monoisotopic (exact) mass is 608 g/mol. The first-order valence-corrected chi connectivity index (χ1v) is 14.6. The summed E-state index contributed by atoms with van der Waals surface area (Å²) in [6.45, 7) is 0. The topological polar surface area (TPSA) is 35.6 Å². The van der Waals surface area contributed by atoms with Crippen molar-refractivity contribution in [3.8, 4) is 22.8 Å². The number of hydrogen-bond donors (Lipinski definition) is 0. The molecule has 6 aromatic carbocycles. The smallest absolute Gasteiger partial charge is 0.235 e. The van der Waals surface area contributed by atoms with E-state index >= 15 is 0 Å². The first-order chi connectivity index (χ1) is 29.0. The zero-order valence-electron chi connectivity index (χ0n) is 38.8. The van der Waals surface area contributed by atoms with Gasteiger partial charge in [0.25, 0.3) is 0 Å². The largest absolute Gasteiger partial charge is 0.309 e. The Labute approximate surface area is 284 Å². The molecule has 0 atom stereocenters. The van der Waals surface area contributed by atoms with Gasteiger partial charge in [-0.1, -0.05) is 96.8 Å². The van der Waals surface area contributed by atoms with Crippen LogP contribution in [-0.2, 0) is 0 Å². The van der Waals surface area contributed by atoms with E-state index in [-0.39, 0.29) is 49.6 Å². The molecule has 4 aromatic heterocycles. The van der Waals surface area contributed by atoms with Gasteiger partial charge in [0.15, 0.2) is 0 Å². The Morgan fingerprint density at radius 3 is 1.73 bits per heavy atom. The molecule has 45 heavy (non-hydrogen) atoms. The molecule has 0 spiro atoms. The van der Waals surface area contributed by atoms with E-state index in [9.17, 15) is 0 Å². The summed E-state index contributed by atoms with van der Waals surface area (Å²) in [5, 5.41) is 0.305. The molecule has 0 bridgehead atoms. The van der Waals surface area contributed by atoms with Crippen LogP contribution in [0, 0.1) is 0 Å². The highest BCUT2D eigenvalue weighted by atomic mass is 32.1. The van der Waals surface area contributed by atoms with Gasteiger partial charge < -0.3 is 4.57 Å². The van der Waals surface area contributed by atoms with Gasteiger partial charge in [-0.05, 0) is 47.9 Å². The number of aromatic nitrogens is 4. The second kappa shape index (κ2) is 9.36. The highest BCUT2D eigenvalue weighted by Gasteiger charge is 2.18. The number of hydrogen-bond acceptors (Lipinski definition) is 3. The molecule has 0 aliphatic heterocycles. The quantitative estimate of drug-likeness (QED) is 0.200. The van der Waals surface area contributed by atoms with Gasteiger partial charge in [0, 0.05) is 37.2 Å². The average Bonchev–Trinajstić information content (AvgIpc) is 3.94. The van der Waals surface area contributed by atoms with Crippen molar-refractivity contribution in [3.63, 3.8) is 0 Å². The van der Waals surface area contributed by atoms with Gasteiger partial charge in [-0.3, -0.25) is 4.57 Å². The number of thiophene rings is 1. The minimum absolute atomic E-state index is 0.0259. The van der Waals surface area contributed by atoms with Crippen molar-refractivity contribution in [3.05, 3.63) is 145 Å². The van der Waals surface area contributed by atoms with E-state index < -0.39 is 96.7 Å². The second-order valence-electron chi connectivity index (χ2n) is 10.3.